The molecule has 0 aliphatic carbocycles. The minimum atomic E-state index is -0.464. The molecule has 0 fully saturated rings. The van der Waals surface area contributed by atoms with Crippen LogP contribution in [-0.2, 0) is 9.59 Å². The summed E-state index contributed by atoms with van der Waals surface area (Å²) in [4.78, 5) is 36.4. The Kier molecular flexibility index (Phi) is 18.1. The highest BCUT2D eigenvalue weighted by Gasteiger charge is 2.09. The first kappa shape index (κ1) is 34.5. The maximum Gasteiger partial charge on any atom is 0.343 e. The van der Waals surface area contributed by atoms with Crippen molar-refractivity contribution in [2.75, 3.05) is 13.2 Å². The second kappa shape index (κ2) is 22.0. The second-order valence-corrected chi connectivity index (χ2v) is 10.5. The largest absolute Gasteiger partial charge is 0.494 e. The summed E-state index contributed by atoms with van der Waals surface area (Å²) in [6, 6.07) is 13.6. The van der Waals surface area contributed by atoms with Crippen molar-refractivity contribution in [3.05, 3.63) is 59.7 Å². The SMILES string of the molecule is CCCCCCCCCCCCCC(=O)NCC(=O)N/N=C\c1ccc(OC(=O)c2ccc(OCCCC)cc2)cc1. The van der Waals surface area contributed by atoms with E-state index in [0.29, 0.717) is 29.9 Å². The summed E-state index contributed by atoms with van der Waals surface area (Å²) in [5.74, 6) is 0.134. The van der Waals surface area contributed by atoms with Gasteiger partial charge >= 0.3 is 5.97 Å². The van der Waals surface area contributed by atoms with Crippen molar-refractivity contribution in [2.45, 2.75) is 104 Å². The number of carbonyl (C=O) groups is 3. The Morgan fingerprint density at radius 1 is 0.690 bits per heavy atom. The van der Waals surface area contributed by atoms with E-state index in [2.05, 4.69) is 29.7 Å². The van der Waals surface area contributed by atoms with Gasteiger partial charge in [-0.1, -0.05) is 84.5 Å². The molecule has 230 valence electrons. The van der Waals surface area contributed by atoms with Crippen molar-refractivity contribution in [3.8, 4) is 11.5 Å². The van der Waals surface area contributed by atoms with Gasteiger partial charge in [-0.05, 0) is 66.9 Å². The van der Waals surface area contributed by atoms with Crippen molar-refractivity contribution in [2.24, 2.45) is 5.10 Å². The van der Waals surface area contributed by atoms with Crippen LogP contribution in [0, 0.1) is 0 Å². The van der Waals surface area contributed by atoms with Crippen LogP contribution in [0.4, 0.5) is 0 Å². The number of esters is 1. The molecule has 0 aliphatic rings. The third-order valence-electron chi connectivity index (χ3n) is 6.80. The Balaban J connectivity index is 1.56. The fourth-order valence-electron chi connectivity index (χ4n) is 4.24. The van der Waals surface area contributed by atoms with Gasteiger partial charge in [0.2, 0.25) is 5.91 Å². The number of unbranched alkanes of at least 4 members (excludes halogenated alkanes) is 11. The van der Waals surface area contributed by atoms with Crippen LogP contribution in [0.15, 0.2) is 53.6 Å². The molecule has 0 aliphatic heterocycles. The molecule has 0 heterocycles. The Bertz CT molecular complexity index is 1070. The van der Waals surface area contributed by atoms with E-state index >= 15 is 0 Å². The van der Waals surface area contributed by atoms with E-state index in [0.717, 1.165) is 37.9 Å². The van der Waals surface area contributed by atoms with E-state index in [1.807, 2.05) is 0 Å². The van der Waals surface area contributed by atoms with E-state index in [1.165, 1.54) is 57.6 Å². The van der Waals surface area contributed by atoms with Gasteiger partial charge in [0, 0.05) is 6.42 Å². The summed E-state index contributed by atoms with van der Waals surface area (Å²) < 4.78 is 11.0. The molecule has 0 unspecified atom stereocenters. The number of benzene rings is 2. The molecule has 0 aromatic heterocycles. The summed E-state index contributed by atoms with van der Waals surface area (Å²) >= 11 is 0. The zero-order chi connectivity index (χ0) is 30.3. The lowest BCUT2D eigenvalue weighted by atomic mass is 10.1. The smallest absolute Gasteiger partial charge is 0.343 e. The number of carbonyl (C=O) groups excluding carboxylic acids is 3. The zero-order valence-corrected chi connectivity index (χ0v) is 25.5. The van der Waals surface area contributed by atoms with Gasteiger partial charge in [0.25, 0.3) is 5.91 Å². The Labute approximate surface area is 251 Å². The maximum atomic E-state index is 12.4. The van der Waals surface area contributed by atoms with Crippen molar-refractivity contribution >= 4 is 24.0 Å². The molecular formula is C34H49N3O5. The standard InChI is InChI=1S/C34H49N3O5/c1-3-5-7-8-9-10-11-12-13-14-15-16-32(38)35-27-33(39)37-36-26-28-17-21-31(22-18-28)42-34(40)29-19-23-30(24-20-29)41-25-6-4-2/h17-24,26H,3-16,25,27H2,1-2H3,(H,35,38)(H,37,39)/b36-26-. The number of amides is 2. The van der Waals surface area contributed by atoms with E-state index in [9.17, 15) is 14.4 Å². The van der Waals surface area contributed by atoms with E-state index in [-0.39, 0.29) is 12.5 Å². The molecule has 0 radical (unpaired) electrons. The summed E-state index contributed by atoms with van der Waals surface area (Å²) in [5, 5.41) is 6.57. The van der Waals surface area contributed by atoms with Crippen LogP contribution >= 0.6 is 0 Å². The molecule has 8 heteroatoms. The minimum Gasteiger partial charge on any atom is -0.494 e. The van der Waals surface area contributed by atoms with Crippen LogP contribution in [0.1, 0.15) is 120 Å². The molecule has 2 aromatic rings. The van der Waals surface area contributed by atoms with Gasteiger partial charge in [-0.3, -0.25) is 9.59 Å². The fourth-order valence-corrected chi connectivity index (χ4v) is 4.24. The second-order valence-electron chi connectivity index (χ2n) is 10.5. The quantitative estimate of drug-likeness (QED) is 0.0499. The summed E-state index contributed by atoms with van der Waals surface area (Å²) in [7, 11) is 0. The Morgan fingerprint density at radius 3 is 1.88 bits per heavy atom. The molecule has 0 spiro atoms. The fraction of sp³-hybridized carbons (Fsp3) is 0.529. The number of rotatable bonds is 22. The Hall–Kier alpha value is -3.68. The number of nitrogens with one attached hydrogen (secondary N) is 2. The van der Waals surface area contributed by atoms with Gasteiger partial charge in [0.1, 0.15) is 11.5 Å². The topological polar surface area (TPSA) is 106 Å². The number of nitrogens with zero attached hydrogens (tertiary/aromatic N) is 1. The monoisotopic (exact) mass is 579 g/mol. The third kappa shape index (κ3) is 15.9. The molecule has 0 saturated heterocycles. The lowest BCUT2D eigenvalue weighted by molar-refractivity contribution is -0.126. The Morgan fingerprint density at radius 2 is 1.26 bits per heavy atom. The first-order valence-corrected chi connectivity index (χ1v) is 15.7. The molecule has 0 saturated carbocycles. The van der Waals surface area contributed by atoms with Crippen LogP contribution < -0.4 is 20.2 Å². The number of ether oxygens (including phenoxy) is 2. The lowest BCUT2D eigenvalue weighted by Gasteiger charge is -2.07. The molecule has 2 N–H and O–H groups in total. The number of hydrogen-bond acceptors (Lipinski definition) is 6. The highest BCUT2D eigenvalue weighted by Crippen LogP contribution is 2.17. The average molecular weight is 580 g/mol. The van der Waals surface area contributed by atoms with Crippen molar-refractivity contribution in [1.82, 2.24) is 10.7 Å². The molecular weight excluding hydrogens is 530 g/mol. The van der Waals surface area contributed by atoms with Crippen molar-refractivity contribution in [3.63, 3.8) is 0 Å². The first-order valence-electron chi connectivity index (χ1n) is 15.7. The number of hydrazone groups is 1. The highest BCUT2D eigenvalue weighted by atomic mass is 16.5. The predicted molar refractivity (Wildman–Crippen MR) is 168 cm³/mol. The van der Waals surface area contributed by atoms with Crippen molar-refractivity contribution in [1.29, 1.82) is 0 Å². The van der Waals surface area contributed by atoms with Gasteiger partial charge in [0.15, 0.2) is 0 Å². The van der Waals surface area contributed by atoms with Gasteiger partial charge in [-0.25, -0.2) is 10.2 Å². The van der Waals surface area contributed by atoms with E-state index in [1.54, 1.807) is 48.5 Å². The predicted octanol–water partition coefficient (Wildman–Crippen LogP) is 7.35. The van der Waals surface area contributed by atoms with Crippen LogP contribution in [0.3, 0.4) is 0 Å². The first-order chi connectivity index (χ1) is 20.5. The normalized spacial score (nSPS) is 10.9. The minimum absolute atomic E-state index is 0.116. The van der Waals surface area contributed by atoms with Crippen LogP contribution in [0.5, 0.6) is 11.5 Å². The van der Waals surface area contributed by atoms with Crippen LogP contribution in [0.25, 0.3) is 0 Å². The lowest BCUT2D eigenvalue weighted by Crippen LogP contribution is -2.34. The molecule has 2 aromatic carbocycles. The summed E-state index contributed by atoms with van der Waals surface area (Å²) in [6.07, 6.45) is 17.5. The van der Waals surface area contributed by atoms with Crippen molar-refractivity contribution < 1.29 is 23.9 Å². The average Bonchev–Trinajstić information content (AvgIpc) is 3.00. The van der Waals surface area contributed by atoms with E-state index < -0.39 is 11.9 Å². The molecule has 8 nitrogen and oxygen atoms in total. The van der Waals surface area contributed by atoms with Gasteiger partial charge in [0.05, 0.1) is 24.9 Å². The van der Waals surface area contributed by atoms with Crippen LogP contribution in [0.2, 0.25) is 0 Å². The molecule has 42 heavy (non-hydrogen) atoms. The van der Waals surface area contributed by atoms with Gasteiger partial charge in [-0.2, -0.15) is 5.10 Å². The molecule has 2 rings (SSSR count). The highest BCUT2D eigenvalue weighted by molar-refractivity contribution is 5.91. The van der Waals surface area contributed by atoms with Crippen LogP contribution in [-0.4, -0.2) is 37.1 Å². The molecule has 0 atom stereocenters. The zero-order valence-electron chi connectivity index (χ0n) is 25.5. The molecule has 0 bridgehead atoms. The summed E-state index contributed by atoms with van der Waals surface area (Å²) in [5.41, 5.74) is 3.55. The third-order valence-corrected chi connectivity index (χ3v) is 6.80. The number of hydrogen-bond donors (Lipinski definition) is 2. The van der Waals surface area contributed by atoms with Gasteiger partial charge < -0.3 is 14.8 Å². The maximum absolute atomic E-state index is 12.4. The van der Waals surface area contributed by atoms with Gasteiger partial charge in [-0.15, -0.1) is 0 Å². The van der Waals surface area contributed by atoms with E-state index in [4.69, 9.17) is 9.47 Å². The molecule has 2 amide bonds. The summed E-state index contributed by atoms with van der Waals surface area (Å²) in [6.45, 7) is 4.87.